The number of unbranched alkanes of at least 4 members (excludes halogenated alkanes) is 2. The first-order valence-corrected chi connectivity index (χ1v) is 5.10. The lowest BCUT2D eigenvalue weighted by atomic mass is 10.3. The molecule has 0 saturated carbocycles. The molecule has 0 aliphatic carbocycles. The zero-order valence-corrected chi connectivity index (χ0v) is 8.92. The van der Waals surface area contributed by atoms with Crippen LogP contribution in [0.3, 0.4) is 0 Å². The van der Waals surface area contributed by atoms with Crippen LogP contribution in [0.25, 0.3) is 0 Å². The summed E-state index contributed by atoms with van der Waals surface area (Å²) >= 11 is 0. The van der Waals surface area contributed by atoms with Crippen LogP contribution in [0.2, 0.25) is 0 Å². The fourth-order valence-electron chi connectivity index (χ4n) is 1.16. The third-order valence-corrected chi connectivity index (χ3v) is 2.10. The zero-order valence-electron chi connectivity index (χ0n) is 8.92. The minimum atomic E-state index is 0.674. The maximum Gasteiger partial charge on any atom is 0.213 e. The molecule has 0 aliphatic heterocycles. The highest BCUT2D eigenvalue weighted by molar-refractivity contribution is 5.43. The average Bonchev–Trinajstić information content (AvgIpc) is 2.18. The van der Waals surface area contributed by atoms with Gasteiger partial charge in [-0.1, -0.05) is 19.8 Å². The molecule has 2 N–H and O–H groups in total. The Morgan fingerprint density at radius 2 is 2.14 bits per heavy atom. The highest BCUT2D eigenvalue weighted by atomic mass is 16.5. The lowest BCUT2D eigenvalue weighted by molar-refractivity contribution is 0.294. The molecular formula is C11H18N2O. The van der Waals surface area contributed by atoms with Gasteiger partial charge >= 0.3 is 0 Å². The van der Waals surface area contributed by atoms with Crippen molar-refractivity contribution >= 4 is 5.69 Å². The second-order valence-electron chi connectivity index (χ2n) is 3.38. The van der Waals surface area contributed by atoms with Gasteiger partial charge in [-0.2, -0.15) is 0 Å². The van der Waals surface area contributed by atoms with Gasteiger partial charge in [-0.15, -0.1) is 0 Å². The van der Waals surface area contributed by atoms with Crippen LogP contribution in [0.4, 0.5) is 5.69 Å². The van der Waals surface area contributed by atoms with Crippen LogP contribution >= 0.6 is 0 Å². The van der Waals surface area contributed by atoms with Crippen molar-refractivity contribution in [3.05, 3.63) is 17.8 Å². The molecule has 0 atom stereocenters. The Morgan fingerprint density at radius 1 is 1.36 bits per heavy atom. The molecule has 0 amide bonds. The van der Waals surface area contributed by atoms with Crippen molar-refractivity contribution in [2.24, 2.45) is 0 Å². The summed E-state index contributed by atoms with van der Waals surface area (Å²) in [6.45, 7) is 4.80. The van der Waals surface area contributed by atoms with E-state index in [1.54, 1.807) is 0 Å². The molecule has 1 aromatic rings. The number of nitrogens with two attached hydrogens (primary N) is 1. The number of aryl methyl sites for hydroxylation is 1. The third kappa shape index (κ3) is 3.24. The summed E-state index contributed by atoms with van der Waals surface area (Å²) in [6, 6.07) is 3.64. The Bertz CT molecular complexity index is 287. The molecule has 1 heterocycles. The van der Waals surface area contributed by atoms with E-state index in [-0.39, 0.29) is 0 Å². The monoisotopic (exact) mass is 194 g/mol. The van der Waals surface area contributed by atoms with Crippen LogP contribution in [0.15, 0.2) is 12.1 Å². The Balaban J connectivity index is 2.39. The number of pyridine rings is 1. The van der Waals surface area contributed by atoms with Crippen LogP contribution in [0.1, 0.15) is 31.9 Å². The first-order valence-electron chi connectivity index (χ1n) is 5.10. The Morgan fingerprint density at radius 3 is 2.79 bits per heavy atom. The quantitative estimate of drug-likeness (QED) is 0.733. The van der Waals surface area contributed by atoms with Crippen molar-refractivity contribution in [3.8, 4) is 5.88 Å². The van der Waals surface area contributed by atoms with Gasteiger partial charge < -0.3 is 10.5 Å². The molecule has 3 nitrogen and oxygen atoms in total. The zero-order chi connectivity index (χ0) is 10.4. The van der Waals surface area contributed by atoms with Crippen LogP contribution in [0.5, 0.6) is 5.88 Å². The summed E-state index contributed by atoms with van der Waals surface area (Å²) in [5.41, 5.74) is 7.19. The van der Waals surface area contributed by atoms with Gasteiger partial charge in [0.05, 0.1) is 18.0 Å². The maximum atomic E-state index is 5.65. The summed E-state index contributed by atoms with van der Waals surface area (Å²) in [4.78, 5) is 4.22. The standard InChI is InChI=1S/C11H18N2O/c1-3-4-5-8-14-11-7-6-10(12)9(2)13-11/h6-7H,3-5,8,12H2,1-2H3. The molecule has 0 aromatic carbocycles. The molecule has 0 saturated heterocycles. The molecule has 78 valence electrons. The number of nitrogens with zero attached hydrogens (tertiary/aromatic N) is 1. The third-order valence-electron chi connectivity index (χ3n) is 2.10. The molecule has 0 spiro atoms. The van der Waals surface area contributed by atoms with Crippen molar-refractivity contribution in [1.82, 2.24) is 4.98 Å². The van der Waals surface area contributed by atoms with Gasteiger partial charge in [0.1, 0.15) is 0 Å². The molecule has 0 bridgehead atoms. The van der Waals surface area contributed by atoms with Crippen molar-refractivity contribution in [2.75, 3.05) is 12.3 Å². The molecule has 0 radical (unpaired) electrons. The number of rotatable bonds is 5. The molecule has 3 heteroatoms. The van der Waals surface area contributed by atoms with E-state index in [1.807, 2.05) is 19.1 Å². The van der Waals surface area contributed by atoms with E-state index in [0.717, 1.165) is 18.7 Å². The number of hydrogen-bond donors (Lipinski definition) is 1. The van der Waals surface area contributed by atoms with Gasteiger partial charge in [0.25, 0.3) is 0 Å². The Kier molecular flexibility index (Phi) is 4.23. The number of nitrogen functional groups attached to an aromatic ring is 1. The number of aromatic nitrogens is 1. The molecule has 1 rings (SSSR count). The minimum absolute atomic E-state index is 0.674. The van der Waals surface area contributed by atoms with Crippen LogP contribution in [0, 0.1) is 6.92 Å². The van der Waals surface area contributed by atoms with E-state index in [1.165, 1.54) is 12.8 Å². The van der Waals surface area contributed by atoms with E-state index in [0.29, 0.717) is 11.6 Å². The Labute approximate surface area is 85.3 Å². The van der Waals surface area contributed by atoms with E-state index in [9.17, 15) is 0 Å². The summed E-state index contributed by atoms with van der Waals surface area (Å²) in [5.74, 6) is 0.674. The normalized spacial score (nSPS) is 10.1. The maximum absolute atomic E-state index is 5.65. The Hall–Kier alpha value is -1.25. The summed E-state index contributed by atoms with van der Waals surface area (Å²) in [5, 5.41) is 0. The number of ether oxygens (including phenoxy) is 1. The van der Waals surface area contributed by atoms with Gasteiger partial charge in [-0.05, 0) is 19.4 Å². The van der Waals surface area contributed by atoms with Crippen molar-refractivity contribution in [1.29, 1.82) is 0 Å². The second kappa shape index (κ2) is 5.47. The summed E-state index contributed by atoms with van der Waals surface area (Å²) in [7, 11) is 0. The van der Waals surface area contributed by atoms with Crippen LogP contribution < -0.4 is 10.5 Å². The number of anilines is 1. The first-order chi connectivity index (χ1) is 6.74. The predicted molar refractivity (Wildman–Crippen MR) is 58.4 cm³/mol. The molecular weight excluding hydrogens is 176 g/mol. The van der Waals surface area contributed by atoms with Gasteiger partial charge in [-0.25, -0.2) is 4.98 Å². The summed E-state index contributed by atoms with van der Waals surface area (Å²) < 4.78 is 5.48. The molecule has 14 heavy (non-hydrogen) atoms. The highest BCUT2D eigenvalue weighted by Crippen LogP contribution is 2.13. The van der Waals surface area contributed by atoms with E-state index in [4.69, 9.17) is 10.5 Å². The van der Waals surface area contributed by atoms with E-state index < -0.39 is 0 Å². The molecule has 0 aliphatic rings. The fourth-order valence-corrected chi connectivity index (χ4v) is 1.16. The van der Waals surface area contributed by atoms with E-state index in [2.05, 4.69) is 11.9 Å². The molecule has 0 fully saturated rings. The predicted octanol–water partition coefficient (Wildman–Crippen LogP) is 2.54. The first kappa shape index (κ1) is 10.8. The lowest BCUT2D eigenvalue weighted by Crippen LogP contribution is -2.01. The largest absolute Gasteiger partial charge is 0.478 e. The smallest absolute Gasteiger partial charge is 0.213 e. The van der Waals surface area contributed by atoms with Gasteiger partial charge in [-0.3, -0.25) is 0 Å². The van der Waals surface area contributed by atoms with Gasteiger partial charge in [0.15, 0.2) is 0 Å². The van der Waals surface area contributed by atoms with Crippen molar-refractivity contribution < 1.29 is 4.74 Å². The van der Waals surface area contributed by atoms with Crippen molar-refractivity contribution in [3.63, 3.8) is 0 Å². The van der Waals surface area contributed by atoms with Crippen LogP contribution in [-0.2, 0) is 0 Å². The fraction of sp³-hybridized carbons (Fsp3) is 0.545. The second-order valence-corrected chi connectivity index (χ2v) is 3.38. The van der Waals surface area contributed by atoms with Gasteiger partial charge in [0.2, 0.25) is 5.88 Å². The lowest BCUT2D eigenvalue weighted by Gasteiger charge is -2.06. The SMILES string of the molecule is CCCCCOc1ccc(N)c(C)n1. The topological polar surface area (TPSA) is 48.1 Å². The minimum Gasteiger partial charge on any atom is -0.478 e. The highest BCUT2D eigenvalue weighted by Gasteiger charge is 1.98. The van der Waals surface area contributed by atoms with Gasteiger partial charge in [0, 0.05) is 6.07 Å². The molecule has 1 aromatic heterocycles. The van der Waals surface area contributed by atoms with Crippen molar-refractivity contribution in [2.45, 2.75) is 33.1 Å². The van der Waals surface area contributed by atoms with E-state index >= 15 is 0 Å². The summed E-state index contributed by atoms with van der Waals surface area (Å²) in [6.07, 6.45) is 3.49. The molecule has 0 unspecified atom stereocenters. The van der Waals surface area contributed by atoms with Crippen LogP contribution in [-0.4, -0.2) is 11.6 Å². The average molecular weight is 194 g/mol. The number of hydrogen-bond acceptors (Lipinski definition) is 3.